The Bertz CT molecular complexity index is 323. The Balaban J connectivity index is 2.50. The molecule has 1 aliphatic rings. The van der Waals surface area contributed by atoms with Gasteiger partial charge < -0.3 is 16.2 Å². The number of carbonyl (C=O) groups excluding carboxylic acids is 1. The summed E-state index contributed by atoms with van der Waals surface area (Å²) in [7, 11) is 0. The summed E-state index contributed by atoms with van der Waals surface area (Å²) in [6.45, 7) is 3.88. The Morgan fingerprint density at radius 3 is 2.32 bits per heavy atom. The predicted molar refractivity (Wildman–Crippen MR) is 73.6 cm³/mol. The molecule has 0 aliphatic heterocycles. The number of carbonyl (C=O) groups is 2. The number of amides is 1. The van der Waals surface area contributed by atoms with Gasteiger partial charge in [-0.15, -0.1) is 0 Å². The van der Waals surface area contributed by atoms with Crippen LogP contribution < -0.4 is 11.1 Å². The Morgan fingerprint density at radius 2 is 1.84 bits per heavy atom. The van der Waals surface area contributed by atoms with Crippen molar-refractivity contribution in [2.75, 3.05) is 0 Å². The molecule has 0 aromatic heterocycles. The molecule has 0 heterocycles. The van der Waals surface area contributed by atoms with Gasteiger partial charge in [-0.3, -0.25) is 4.79 Å². The molecule has 110 valence electrons. The highest BCUT2D eigenvalue weighted by Gasteiger charge is 2.31. The van der Waals surface area contributed by atoms with E-state index >= 15 is 0 Å². The maximum Gasteiger partial charge on any atom is 0.326 e. The lowest BCUT2D eigenvalue weighted by atomic mass is 9.80. The first kappa shape index (κ1) is 16.0. The lowest BCUT2D eigenvalue weighted by Gasteiger charge is -2.33. The van der Waals surface area contributed by atoms with Crippen LogP contribution in [0.1, 0.15) is 58.8 Å². The minimum Gasteiger partial charge on any atom is -0.480 e. The van der Waals surface area contributed by atoms with E-state index in [1.807, 2.05) is 13.8 Å². The molecule has 5 heteroatoms. The molecule has 0 aromatic carbocycles. The zero-order valence-electron chi connectivity index (χ0n) is 11.9. The number of rotatable bonds is 6. The lowest BCUT2D eigenvalue weighted by molar-refractivity contribution is -0.142. The molecule has 1 aliphatic carbocycles. The van der Waals surface area contributed by atoms with Crippen LogP contribution in [0.2, 0.25) is 0 Å². The van der Waals surface area contributed by atoms with Crippen LogP contribution in [0.25, 0.3) is 0 Å². The highest BCUT2D eigenvalue weighted by atomic mass is 16.4. The van der Waals surface area contributed by atoms with Gasteiger partial charge in [-0.1, -0.05) is 33.1 Å². The average Bonchev–Trinajstić information content (AvgIpc) is 2.27. The number of hydrogen-bond donors (Lipinski definition) is 3. The third-order valence-electron chi connectivity index (χ3n) is 3.70. The number of carboxylic acids is 1. The fourth-order valence-electron chi connectivity index (χ4n) is 2.69. The molecule has 0 saturated heterocycles. The van der Waals surface area contributed by atoms with Crippen molar-refractivity contribution in [3.63, 3.8) is 0 Å². The minimum atomic E-state index is -0.975. The van der Waals surface area contributed by atoms with Gasteiger partial charge >= 0.3 is 5.97 Å². The van der Waals surface area contributed by atoms with Crippen LogP contribution in [0.5, 0.6) is 0 Å². The van der Waals surface area contributed by atoms with Gasteiger partial charge in [-0.2, -0.15) is 0 Å². The minimum absolute atomic E-state index is 0.225. The quantitative estimate of drug-likeness (QED) is 0.684. The average molecular weight is 270 g/mol. The van der Waals surface area contributed by atoms with E-state index in [0.717, 1.165) is 25.7 Å². The first-order valence-corrected chi connectivity index (χ1v) is 7.13. The number of carboxylic acid groups (broad SMARTS) is 1. The molecule has 1 saturated carbocycles. The number of nitrogens with two attached hydrogens (primary N) is 1. The summed E-state index contributed by atoms with van der Waals surface area (Å²) in [4.78, 5) is 23.1. The number of nitrogens with one attached hydrogen (secondary N) is 1. The zero-order valence-corrected chi connectivity index (χ0v) is 11.9. The fraction of sp³-hybridized carbons (Fsp3) is 0.857. The van der Waals surface area contributed by atoms with Crippen LogP contribution >= 0.6 is 0 Å². The van der Waals surface area contributed by atoms with Gasteiger partial charge in [0.25, 0.3) is 0 Å². The summed E-state index contributed by atoms with van der Waals surface area (Å²) in [5.74, 6) is -0.989. The van der Waals surface area contributed by atoms with Gasteiger partial charge in [-0.25, -0.2) is 4.79 Å². The van der Waals surface area contributed by atoms with Gasteiger partial charge in [0.15, 0.2) is 0 Å². The summed E-state index contributed by atoms with van der Waals surface area (Å²) in [5, 5.41) is 11.7. The first-order chi connectivity index (χ1) is 8.82. The van der Waals surface area contributed by atoms with E-state index in [1.165, 1.54) is 6.42 Å². The molecule has 0 aromatic rings. The smallest absolute Gasteiger partial charge is 0.326 e. The molecule has 1 fully saturated rings. The SMILES string of the molecule is CC(C)CC(NC(=O)CC1(N)CCCCC1)C(=O)O. The standard InChI is InChI=1S/C14H26N2O3/c1-10(2)8-11(13(18)19)16-12(17)9-14(15)6-4-3-5-7-14/h10-11H,3-9,15H2,1-2H3,(H,16,17)(H,18,19). The Morgan fingerprint density at radius 1 is 1.26 bits per heavy atom. The van der Waals surface area contributed by atoms with E-state index < -0.39 is 17.6 Å². The molecule has 19 heavy (non-hydrogen) atoms. The van der Waals surface area contributed by atoms with Gasteiger partial charge in [0.2, 0.25) is 5.91 Å². The Kier molecular flexibility index (Phi) is 5.79. The van der Waals surface area contributed by atoms with E-state index in [-0.39, 0.29) is 18.2 Å². The number of hydrogen-bond acceptors (Lipinski definition) is 3. The second-order valence-electron chi connectivity index (χ2n) is 6.19. The van der Waals surface area contributed by atoms with E-state index in [4.69, 9.17) is 10.8 Å². The van der Waals surface area contributed by atoms with Crippen LogP contribution in [0.4, 0.5) is 0 Å². The zero-order chi connectivity index (χ0) is 14.5. The fourth-order valence-corrected chi connectivity index (χ4v) is 2.69. The summed E-state index contributed by atoms with van der Waals surface area (Å²) in [6, 6.07) is -0.806. The summed E-state index contributed by atoms with van der Waals surface area (Å²) >= 11 is 0. The molecular weight excluding hydrogens is 244 g/mol. The Hall–Kier alpha value is -1.10. The van der Waals surface area contributed by atoms with Gasteiger partial charge in [0, 0.05) is 12.0 Å². The molecule has 1 amide bonds. The van der Waals surface area contributed by atoms with E-state index in [1.54, 1.807) is 0 Å². The molecule has 4 N–H and O–H groups in total. The number of aliphatic carboxylic acids is 1. The maximum absolute atomic E-state index is 12.0. The summed E-state index contributed by atoms with van der Waals surface area (Å²) in [6.07, 6.45) is 5.65. The van der Waals surface area contributed by atoms with Gasteiger partial charge in [0.05, 0.1) is 0 Å². The van der Waals surface area contributed by atoms with E-state index in [2.05, 4.69) is 5.32 Å². The van der Waals surface area contributed by atoms with Crippen LogP contribution in [0.15, 0.2) is 0 Å². The van der Waals surface area contributed by atoms with E-state index in [0.29, 0.717) is 6.42 Å². The van der Waals surface area contributed by atoms with Crippen molar-refractivity contribution in [1.82, 2.24) is 5.32 Å². The highest BCUT2D eigenvalue weighted by Crippen LogP contribution is 2.28. The summed E-state index contributed by atoms with van der Waals surface area (Å²) < 4.78 is 0. The Labute approximate surface area is 114 Å². The molecule has 0 spiro atoms. The molecule has 1 atom stereocenters. The van der Waals surface area contributed by atoms with Crippen molar-refractivity contribution in [3.05, 3.63) is 0 Å². The van der Waals surface area contributed by atoms with Crippen molar-refractivity contribution < 1.29 is 14.7 Å². The second kappa shape index (κ2) is 6.89. The van der Waals surface area contributed by atoms with Crippen LogP contribution in [-0.2, 0) is 9.59 Å². The largest absolute Gasteiger partial charge is 0.480 e. The third-order valence-corrected chi connectivity index (χ3v) is 3.70. The third kappa shape index (κ3) is 5.59. The normalized spacial score (nSPS) is 20.0. The van der Waals surface area contributed by atoms with Crippen molar-refractivity contribution in [3.8, 4) is 0 Å². The monoisotopic (exact) mass is 270 g/mol. The molecule has 5 nitrogen and oxygen atoms in total. The van der Waals surface area contributed by atoms with Crippen LogP contribution in [0, 0.1) is 5.92 Å². The second-order valence-corrected chi connectivity index (χ2v) is 6.19. The predicted octanol–water partition coefficient (Wildman–Crippen LogP) is 1.65. The van der Waals surface area contributed by atoms with Crippen LogP contribution in [0.3, 0.4) is 0 Å². The molecule has 1 rings (SSSR count). The molecule has 0 bridgehead atoms. The van der Waals surface area contributed by atoms with Gasteiger partial charge in [0.1, 0.15) is 6.04 Å². The van der Waals surface area contributed by atoms with Crippen molar-refractivity contribution in [2.45, 2.75) is 70.4 Å². The lowest BCUT2D eigenvalue weighted by Crippen LogP contribution is -2.49. The van der Waals surface area contributed by atoms with E-state index in [9.17, 15) is 9.59 Å². The van der Waals surface area contributed by atoms with Crippen molar-refractivity contribution in [1.29, 1.82) is 0 Å². The molecule has 0 radical (unpaired) electrons. The van der Waals surface area contributed by atoms with Crippen LogP contribution in [-0.4, -0.2) is 28.6 Å². The van der Waals surface area contributed by atoms with Crippen molar-refractivity contribution in [2.24, 2.45) is 11.7 Å². The topological polar surface area (TPSA) is 92.4 Å². The molecular formula is C14H26N2O3. The maximum atomic E-state index is 12.0. The first-order valence-electron chi connectivity index (χ1n) is 7.13. The highest BCUT2D eigenvalue weighted by molar-refractivity contribution is 5.84. The molecule has 1 unspecified atom stereocenters. The summed E-state index contributed by atoms with van der Waals surface area (Å²) in [5.41, 5.74) is 5.76. The van der Waals surface area contributed by atoms with Crippen molar-refractivity contribution >= 4 is 11.9 Å². The van der Waals surface area contributed by atoms with Gasteiger partial charge in [-0.05, 0) is 25.2 Å².